The van der Waals surface area contributed by atoms with Crippen molar-refractivity contribution in [2.75, 3.05) is 17.2 Å². The van der Waals surface area contributed by atoms with Gasteiger partial charge in [-0.15, -0.1) is 5.10 Å². The number of rotatable bonds is 7. The van der Waals surface area contributed by atoms with Crippen LogP contribution in [0.3, 0.4) is 0 Å². The molecule has 2 aromatic carbocycles. The average molecular weight is 384 g/mol. The summed E-state index contributed by atoms with van der Waals surface area (Å²) < 4.78 is 22.5. The summed E-state index contributed by atoms with van der Waals surface area (Å²) in [4.78, 5) is 4.48. The Balaban J connectivity index is 1.56. The number of sulfonamides is 1. The van der Waals surface area contributed by atoms with Gasteiger partial charge in [-0.2, -0.15) is 10.1 Å². The molecule has 0 aliphatic rings. The van der Waals surface area contributed by atoms with Crippen LogP contribution in [0.5, 0.6) is 0 Å². The van der Waals surface area contributed by atoms with Gasteiger partial charge < -0.3 is 10.6 Å². The number of aryl methyl sites for hydroxylation is 1. The molecule has 3 rings (SSSR count). The summed E-state index contributed by atoms with van der Waals surface area (Å²) in [5.74, 6) is 1.00. The molecule has 1 heterocycles. The van der Waals surface area contributed by atoms with Crippen molar-refractivity contribution in [3.63, 3.8) is 0 Å². The minimum atomic E-state index is -3.66. The molecular formula is C18H20N6O2S. The van der Waals surface area contributed by atoms with E-state index in [0.29, 0.717) is 24.7 Å². The van der Waals surface area contributed by atoms with E-state index in [2.05, 4.69) is 25.8 Å². The fourth-order valence-electron chi connectivity index (χ4n) is 2.39. The minimum Gasteiger partial charge on any atom is -0.368 e. The van der Waals surface area contributed by atoms with Gasteiger partial charge in [0, 0.05) is 12.2 Å². The van der Waals surface area contributed by atoms with Crippen LogP contribution in [0.15, 0.2) is 59.6 Å². The molecule has 0 bridgehead atoms. The van der Waals surface area contributed by atoms with Crippen molar-refractivity contribution < 1.29 is 8.42 Å². The first-order chi connectivity index (χ1) is 12.9. The highest BCUT2D eigenvalue weighted by Crippen LogP contribution is 2.14. The van der Waals surface area contributed by atoms with E-state index in [1.54, 1.807) is 18.3 Å². The Morgan fingerprint density at radius 3 is 2.41 bits per heavy atom. The average Bonchev–Trinajstić information content (AvgIpc) is 2.64. The number of benzene rings is 2. The first kappa shape index (κ1) is 18.7. The molecule has 0 saturated carbocycles. The zero-order valence-corrected chi connectivity index (χ0v) is 15.6. The molecule has 1 aromatic heterocycles. The highest BCUT2D eigenvalue weighted by molar-refractivity contribution is 7.89. The number of aromatic nitrogens is 3. The maximum Gasteiger partial charge on any atom is 0.249 e. The van der Waals surface area contributed by atoms with Crippen LogP contribution < -0.4 is 15.8 Å². The lowest BCUT2D eigenvalue weighted by molar-refractivity contribution is 0.598. The first-order valence-corrected chi connectivity index (χ1v) is 9.84. The van der Waals surface area contributed by atoms with Gasteiger partial charge >= 0.3 is 0 Å². The molecule has 0 spiro atoms. The predicted molar refractivity (Wildman–Crippen MR) is 104 cm³/mol. The van der Waals surface area contributed by atoms with Gasteiger partial charge in [0.1, 0.15) is 0 Å². The van der Waals surface area contributed by atoms with Crippen LogP contribution in [0, 0.1) is 6.92 Å². The van der Waals surface area contributed by atoms with Crippen molar-refractivity contribution in [2.45, 2.75) is 18.2 Å². The molecule has 9 heteroatoms. The highest BCUT2D eigenvalue weighted by Gasteiger charge is 2.07. The number of nitrogens with zero attached hydrogens (tertiary/aromatic N) is 3. The van der Waals surface area contributed by atoms with E-state index in [-0.39, 0.29) is 4.90 Å². The van der Waals surface area contributed by atoms with Crippen LogP contribution in [-0.2, 0) is 16.4 Å². The Hall–Kier alpha value is -3.04. The van der Waals surface area contributed by atoms with Crippen LogP contribution in [0.4, 0.5) is 17.5 Å². The molecule has 0 aliphatic carbocycles. The molecule has 4 N–H and O–H groups in total. The summed E-state index contributed by atoms with van der Waals surface area (Å²) in [6, 6.07) is 14.4. The Morgan fingerprint density at radius 2 is 1.74 bits per heavy atom. The SMILES string of the molecule is Cc1ccc(Nc2nncc(NCCc3ccc(S(N)(=O)=O)cc3)n2)cc1. The number of hydrogen-bond donors (Lipinski definition) is 3. The molecule has 0 saturated heterocycles. The zero-order chi connectivity index (χ0) is 19.3. The molecule has 0 atom stereocenters. The van der Waals surface area contributed by atoms with Gasteiger partial charge in [0.05, 0.1) is 11.1 Å². The van der Waals surface area contributed by atoms with Gasteiger partial charge in [0.2, 0.25) is 16.0 Å². The molecule has 8 nitrogen and oxygen atoms in total. The van der Waals surface area contributed by atoms with Crippen LogP contribution >= 0.6 is 0 Å². The molecule has 0 radical (unpaired) electrons. The smallest absolute Gasteiger partial charge is 0.249 e. The molecule has 27 heavy (non-hydrogen) atoms. The Morgan fingerprint density at radius 1 is 1.04 bits per heavy atom. The molecular weight excluding hydrogens is 364 g/mol. The maximum atomic E-state index is 11.3. The van der Waals surface area contributed by atoms with Gasteiger partial charge in [-0.05, 0) is 43.2 Å². The van der Waals surface area contributed by atoms with Gasteiger partial charge in [-0.1, -0.05) is 29.8 Å². The first-order valence-electron chi connectivity index (χ1n) is 8.29. The van der Waals surface area contributed by atoms with Gasteiger partial charge in [0.15, 0.2) is 5.82 Å². The van der Waals surface area contributed by atoms with Gasteiger partial charge in [0.25, 0.3) is 0 Å². The second kappa shape index (κ2) is 8.11. The third-order valence-electron chi connectivity index (χ3n) is 3.84. The van der Waals surface area contributed by atoms with Crippen molar-refractivity contribution >= 4 is 27.5 Å². The molecule has 0 fully saturated rings. The van der Waals surface area contributed by atoms with E-state index >= 15 is 0 Å². The fourth-order valence-corrected chi connectivity index (χ4v) is 2.90. The Bertz CT molecular complexity index is 1000. The van der Waals surface area contributed by atoms with Crippen molar-refractivity contribution in [1.82, 2.24) is 15.2 Å². The van der Waals surface area contributed by atoms with Crippen molar-refractivity contribution in [3.8, 4) is 0 Å². The monoisotopic (exact) mass is 384 g/mol. The van der Waals surface area contributed by atoms with E-state index in [4.69, 9.17) is 5.14 Å². The quantitative estimate of drug-likeness (QED) is 0.571. The van der Waals surface area contributed by atoms with Crippen molar-refractivity contribution in [3.05, 3.63) is 65.9 Å². The number of primary sulfonamides is 1. The van der Waals surface area contributed by atoms with E-state index < -0.39 is 10.0 Å². The largest absolute Gasteiger partial charge is 0.368 e. The second-order valence-electron chi connectivity index (χ2n) is 6.02. The summed E-state index contributed by atoms with van der Waals surface area (Å²) in [6.45, 7) is 2.63. The number of nitrogens with two attached hydrogens (primary N) is 1. The molecule has 3 aromatic rings. The van der Waals surface area contributed by atoms with E-state index in [0.717, 1.165) is 11.3 Å². The van der Waals surface area contributed by atoms with Gasteiger partial charge in [-0.3, -0.25) is 0 Å². The lowest BCUT2D eigenvalue weighted by atomic mass is 10.1. The third-order valence-corrected chi connectivity index (χ3v) is 4.77. The summed E-state index contributed by atoms with van der Waals surface area (Å²) in [6.07, 6.45) is 2.24. The van der Waals surface area contributed by atoms with Crippen LogP contribution in [0.2, 0.25) is 0 Å². The lowest BCUT2D eigenvalue weighted by Crippen LogP contribution is -2.12. The standard InChI is InChI=1S/C18H20N6O2S/c1-13-2-6-15(7-3-13)22-18-23-17(12-21-24-18)20-11-10-14-4-8-16(9-5-14)27(19,25)26/h2-9,12H,10-11H2,1H3,(H2,19,25,26)(H2,20,22,23,24). The fraction of sp³-hybridized carbons (Fsp3) is 0.167. The molecule has 0 unspecified atom stereocenters. The minimum absolute atomic E-state index is 0.103. The summed E-state index contributed by atoms with van der Waals surface area (Å²) in [5, 5.41) is 19.3. The maximum absolute atomic E-state index is 11.3. The van der Waals surface area contributed by atoms with E-state index in [9.17, 15) is 8.42 Å². The zero-order valence-electron chi connectivity index (χ0n) is 14.8. The topological polar surface area (TPSA) is 123 Å². The summed E-state index contributed by atoms with van der Waals surface area (Å²) in [7, 11) is -3.66. The molecule has 140 valence electrons. The summed E-state index contributed by atoms with van der Waals surface area (Å²) in [5.41, 5.74) is 3.04. The van der Waals surface area contributed by atoms with Crippen LogP contribution in [0.1, 0.15) is 11.1 Å². The van der Waals surface area contributed by atoms with Crippen LogP contribution in [0.25, 0.3) is 0 Å². The third kappa shape index (κ3) is 5.47. The molecule has 0 amide bonds. The number of hydrogen-bond acceptors (Lipinski definition) is 7. The van der Waals surface area contributed by atoms with Crippen molar-refractivity contribution in [2.24, 2.45) is 5.14 Å². The van der Waals surface area contributed by atoms with Crippen molar-refractivity contribution in [1.29, 1.82) is 0 Å². The van der Waals surface area contributed by atoms with Gasteiger partial charge in [-0.25, -0.2) is 13.6 Å². The van der Waals surface area contributed by atoms with E-state index in [1.807, 2.05) is 31.2 Å². The normalized spacial score (nSPS) is 11.2. The summed E-state index contributed by atoms with van der Waals surface area (Å²) >= 11 is 0. The number of nitrogens with one attached hydrogen (secondary N) is 2. The second-order valence-corrected chi connectivity index (χ2v) is 7.58. The molecule has 0 aliphatic heterocycles. The number of anilines is 3. The van der Waals surface area contributed by atoms with Crippen LogP contribution in [-0.4, -0.2) is 30.1 Å². The Kier molecular flexibility index (Phi) is 5.63. The predicted octanol–water partition coefficient (Wildman–Crippen LogP) is 2.23. The highest BCUT2D eigenvalue weighted by atomic mass is 32.2. The lowest BCUT2D eigenvalue weighted by Gasteiger charge is -2.08. The Labute approximate surface area is 157 Å². The van der Waals surface area contributed by atoms with E-state index in [1.165, 1.54) is 17.7 Å².